The van der Waals surface area contributed by atoms with Crippen molar-refractivity contribution in [2.24, 2.45) is 0 Å². The molecule has 0 radical (unpaired) electrons. The van der Waals surface area contributed by atoms with Gasteiger partial charge in [0.2, 0.25) is 0 Å². The van der Waals surface area contributed by atoms with Gasteiger partial charge < -0.3 is 24.4 Å². The van der Waals surface area contributed by atoms with E-state index in [4.69, 9.17) is 14.2 Å². The van der Waals surface area contributed by atoms with Crippen LogP contribution in [-0.2, 0) is 22.7 Å². The molecular formula is C23H26O5. The van der Waals surface area contributed by atoms with Gasteiger partial charge in [0.1, 0.15) is 18.0 Å². The zero-order valence-electron chi connectivity index (χ0n) is 16.0. The molecule has 3 rings (SSSR count). The zero-order valence-corrected chi connectivity index (χ0v) is 16.0. The van der Waals surface area contributed by atoms with Gasteiger partial charge in [0.05, 0.1) is 33.5 Å². The lowest BCUT2D eigenvalue weighted by Crippen LogP contribution is -2.34. The predicted molar refractivity (Wildman–Crippen MR) is 108 cm³/mol. The summed E-state index contributed by atoms with van der Waals surface area (Å²) in [5.74, 6) is 0.780. The fraction of sp³-hybridized carbons (Fsp3) is 0.304. The largest absolute Gasteiger partial charge is 0.497 e. The first-order chi connectivity index (χ1) is 13.7. The second-order valence-electron chi connectivity index (χ2n) is 6.69. The van der Waals surface area contributed by atoms with E-state index in [9.17, 15) is 10.2 Å². The molecule has 0 bridgehead atoms. The third-order valence-electron chi connectivity index (χ3n) is 4.53. The van der Waals surface area contributed by atoms with Crippen molar-refractivity contribution < 1.29 is 24.4 Å². The second-order valence-corrected chi connectivity index (χ2v) is 6.69. The summed E-state index contributed by atoms with van der Waals surface area (Å²) < 4.78 is 16.2. The summed E-state index contributed by atoms with van der Waals surface area (Å²) in [5.41, 5.74) is 1.99. The molecule has 5 nitrogen and oxygen atoms in total. The van der Waals surface area contributed by atoms with Crippen LogP contribution < -0.4 is 4.74 Å². The van der Waals surface area contributed by atoms with Crippen molar-refractivity contribution in [1.29, 1.82) is 0 Å². The van der Waals surface area contributed by atoms with Gasteiger partial charge in [-0.15, -0.1) is 0 Å². The molecule has 5 heteroatoms. The van der Waals surface area contributed by atoms with Crippen LogP contribution in [0.4, 0.5) is 0 Å². The van der Waals surface area contributed by atoms with E-state index >= 15 is 0 Å². The lowest BCUT2D eigenvalue weighted by Gasteiger charge is -2.18. The van der Waals surface area contributed by atoms with Gasteiger partial charge in [0.25, 0.3) is 0 Å². The van der Waals surface area contributed by atoms with Crippen molar-refractivity contribution in [2.75, 3.05) is 20.3 Å². The predicted octanol–water partition coefficient (Wildman–Crippen LogP) is 3.30. The Morgan fingerprint density at radius 2 is 1.29 bits per heavy atom. The monoisotopic (exact) mass is 382 g/mol. The number of hydrogen-bond donors (Lipinski definition) is 2. The average molecular weight is 382 g/mol. The summed E-state index contributed by atoms with van der Waals surface area (Å²) in [7, 11) is 1.62. The molecule has 0 fully saturated rings. The second kappa shape index (κ2) is 10.2. The van der Waals surface area contributed by atoms with Crippen molar-refractivity contribution in [3.05, 3.63) is 77.9 Å². The maximum atomic E-state index is 10.1. The zero-order chi connectivity index (χ0) is 19.8. The van der Waals surface area contributed by atoms with E-state index in [0.717, 1.165) is 22.3 Å². The summed E-state index contributed by atoms with van der Waals surface area (Å²) in [6.45, 7) is 0.805. The Kier molecular flexibility index (Phi) is 7.39. The molecule has 0 unspecified atom stereocenters. The van der Waals surface area contributed by atoms with Crippen molar-refractivity contribution in [3.8, 4) is 5.75 Å². The molecular weight excluding hydrogens is 356 g/mol. The molecule has 0 spiro atoms. The Morgan fingerprint density at radius 3 is 1.93 bits per heavy atom. The Morgan fingerprint density at radius 1 is 0.714 bits per heavy atom. The summed E-state index contributed by atoms with van der Waals surface area (Å²) in [6, 6.07) is 21.7. The normalized spacial score (nSPS) is 13.4. The Bertz CT molecular complexity index is 862. The van der Waals surface area contributed by atoms with E-state index in [2.05, 4.69) is 18.2 Å². The third kappa shape index (κ3) is 5.78. The van der Waals surface area contributed by atoms with Crippen LogP contribution in [0, 0.1) is 0 Å². The topological polar surface area (TPSA) is 68.2 Å². The standard InChI is InChI=1S/C23H26O5/c1-26-21-10-7-17(8-11-21)13-27-15-22(24)23(25)16-28-14-18-6-9-19-4-2-3-5-20(19)12-18/h2-12,22-25H,13-16H2,1H3/t22-,23+/m1/s1. The van der Waals surface area contributed by atoms with E-state index in [1.807, 2.05) is 48.5 Å². The van der Waals surface area contributed by atoms with Gasteiger partial charge in [-0.3, -0.25) is 0 Å². The molecule has 148 valence electrons. The molecule has 2 atom stereocenters. The highest BCUT2D eigenvalue weighted by molar-refractivity contribution is 5.82. The lowest BCUT2D eigenvalue weighted by atomic mass is 10.1. The molecule has 0 aliphatic rings. The van der Waals surface area contributed by atoms with Crippen molar-refractivity contribution >= 4 is 10.8 Å². The highest BCUT2D eigenvalue weighted by Gasteiger charge is 2.16. The van der Waals surface area contributed by atoms with Crippen molar-refractivity contribution in [3.63, 3.8) is 0 Å². The molecule has 0 amide bonds. The quantitative estimate of drug-likeness (QED) is 0.563. The highest BCUT2D eigenvalue weighted by atomic mass is 16.5. The van der Waals surface area contributed by atoms with E-state index < -0.39 is 12.2 Å². The van der Waals surface area contributed by atoms with Crippen LogP contribution in [-0.4, -0.2) is 42.7 Å². The first kappa shape index (κ1) is 20.3. The minimum absolute atomic E-state index is 0.0343. The fourth-order valence-electron chi connectivity index (χ4n) is 2.87. The SMILES string of the molecule is COc1ccc(COC[C@@H](O)[C@@H](O)COCc2ccc3ccccc3c2)cc1. The Labute approximate surface area is 165 Å². The van der Waals surface area contributed by atoms with E-state index in [1.165, 1.54) is 5.39 Å². The number of rotatable bonds is 10. The van der Waals surface area contributed by atoms with Gasteiger partial charge in [-0.1, -0.05) is 48.5 Å². The number of hydrogen-bond acceptors (Lipinski definition) is 5. The summed E-state index contributed by atoms with van der Waals surface area (Å²) in [6.07, 6.45) is -2.01. The first-order valence-electron chi connectivity index (χ1n) is 9.28. The van der Waals surface area contributed by atoms with Crippen LogP contribution in [0.1, 0.15) is 11.1 Å². The van der Waals surface area contributed by atoms with Gasteiger partial charge in [-0.25, -0.2) is 0 Å². The van der Waals surface area contributed by atoms with E-state index in [-0.39, 0.29) is 13.2 Å². The van der Waals surface area contributed by atoms with E-state index in [0.29, 0.717) is 13.2 Å². The van der Waals surface area contributed by atoms with Crippen LogP contribution in [0.2, 0.25) is 0 Å². The maximum Gasteiger partial charge on any atom is 0.118 e. The van der Waals surface area contributed by atoms with Gasteiger partial charge in [0, 0.05) is 0 Å². The highest BCUT2D eigenvalue weighted by Crippen LogP contribution is 2.16. The van der Waals surface area contributed by atoms with Crippen LogP contribution in [0.25, 0.3) is 10.8 Å². The molecule has 0 aromatic heterocycles. The number of aliphatic hydroxyl groups is 2. The number of fused-ring (bicyclic) bond motifs is 1. The molecule has 0 heterocycles. The van der Waals surface area contributed by atoms with Crippen LogP contribution in [0.3, 0.4) is 0 Å². The summed E-state index contributed by atoms with van der Waals surface area (Å²) >= 11 is 0. The first-order valence-corrected chi connectivity index (χ1v) is 9.28. The van der Waals surface area contributed by atoms with Gasteiger partial charge in [0.15, 0.2) is 0 Å². The molecule has 0 aliphatic carbocycles. The number of aliphatic hydroxyl groups excluding tert-OH is 2. The Hall–Kier alpha value is -2.44. The molecule has 0 saturated heterocycles. The average Bonchev–Trinajstić information content (AvgIpc) is 2.74. The van der Waals surface area contributed by atoms with Crippen LogP contribution >= 0.6 is 0 Å². The van der Waals surface area contributed by atoms with E-state index in [1.54, 1.807) is 7.11 Å². The van der Waals surface area contributed by atoms with Gasteiger partial charge >= 0.3 is 0 Å². The third-order valence-corrected chi connectivity index (χ3v) is 4.53. The molecule has 3 aromatic rings. The van der Waals surface area contributed by atoms with Gasteiger partial charge in [-0.2, -0.15) is 0 Å². The fourth-order valence-corrected chi connectivity index (χ4v) is 2.87. The number of methoxy groups -OCH3 is 1. The minimum Gasteiger partial charge on any atom is -0.497 e. The van der Waals surface area contributed by atoms with Crippen LogP contribution in [0.15, 0.2) is 66.7 Å². The van der Waals surface area contributed by atoms with Crippen molar-refractivity contribution in [2.45, 2.75) is 25.4 Å². The Balaban J connectivity index is 1.37. The maximum absolute atomic E-state index is 10.1. The molecule has 0 aliphatic heterocycles. The van der Waals surface area contributed by atoms with Crippen LogP contribution in [0.5, 0.6) is 5.75 Å². The smallest absolute Gasteiger partial charge is 0.118 e. The van der Waals surface area contributed by atoms with Gasteiger partial charge in [-0.05, 0) is 40.1 Å². The minimum atomic E-state index is -1.00. The molecule has 2 N–H and O–H groups in total. The number of ether oxygens (including phenoxy) is 3. The lowest BCUT2D eigenvalue weighted by molar-refractivity contribution is -0.0758. The summed E-state index contributed by atoms with van der Waals surface area (Å²) in [5, 5.41) is 22.4. The molecule has 28 heavy (non-hydrogen) atoms. The summed E-state index contributed by atoms with van der Waals surface area (Å²) in [4.78, 5) is 0. The molecule has 0 saturated carbocycles. The van der Waals surface area contributed by atoms with Crippen molar-refractivity contribution in [1.82, 2.24) is 0 Å². The molecule has 3 aromatic carbocycles. The number of benzene rings is 3.